The minimum Gasteiger partial charge on any atom is -0.304 e. The maximum atomic E-state index is 12.0. The average molecular weight is 256 g/mol. The van der Waals surface area contributed by atoms with E-state index in [0.29, 0.717) is 11.5 Å². The number of hydrogen-bond acceptors (Lipinski definition) is 4. The number of aromatic amines is 1. The van der Waals surface area contributed by atoms with Crippen LogP contribution in [0.2, 0.25) is 0 Å². The van der Waals surface area contributed by atoms with Crippen molar-refractivity contribution in [3.63, 3.8) is 0 Å². The van der Waals surface area contributed by atoms with E-state index in [2.05, 4.69) is 25.5 Å². The molecule has 0 spiro atoms. The molecule has 3 aromatic rings. The number of aryl methyl sites for hydroxylation is 2. The minimum absolute atomic E-state index is 0.247. The zero-order chi connectivity index (χ0) is 13.4. The van der Waals surface area contributed by atoms with Gasteiger partial charge in [-0.1, -0.05) is 6.07 Å². The molecule has 0 aliphatic carbocycles. The van der Waals surface area contributed by atoms with Gasteiger partial charge in [-0.15, -0.1) is 5.10 Å². The van der Waals surface area contributed by atoms with E-state index in [1.54, 1.807) is 13.1 Å². The molecule has 0 saturated carbocycles. The first-order chi connectivity index (χ1) is 9.13. The van der Waals surface area contributed by atoms with Gasteiger partial charge in [0.15, 0.2) is 0 Å². The van der Waals surface area contributed by atoms with Gasteiger partial charge in [0.1, 0.15) is 17.2 Å². The van der Waals surface area contributed by atoms with Gasteiger partial charge in [0.25, 0.3) is 5.91 Å². The van der Waals surface area contributed by atoms with Crippen LogP contribution in [0, 0.1) is 13.8 Å². The third-order valence-electron chi connectivity index (χ3n) is 2.75. The van der Waals surface area contributed by atoms with E-state index in [1.165, 1.54) is 0 Å². The van der Waals surface area contributed by atoms with E-state index in [9.17, 15) is 4.79 Å². The Hall–Kier alpha value is -2.70. The molecule has 3 rings (SSSR count). The van der Waals surface area contributed by atoms with Crippen LogP contribution in [0.25, 0.3) is 5.65 Å². The highest BCUT2D eigenvalue weighted by Gasteiger charge is 2.13. The van der Waals surface area contributed by atoms with Crippen molar-refractivity contribution in [2.24, 2.45) is 0 Å². The molecule has 0 saturated heterocycles. The van der Waals surface area contributed by atoms with Crippen LogP contribution in [0.15, 0.2) is 24.4 Å². The lowest BCUT2D eigenvalue weighted by Crippen LogP contribution is -2.13. The van der Waals surface area contributed by atoms with Crippen LogP contribution in [0.1, 0.15) is 22.0 Å². The fourth-order valence-corrected chi connectivity index (χ4v) is 1.82. The van der Waals surface area contributed by atoms with Gasteiger partial charge in [-0.25, -0.2) is 4.98 Å². The van der Waals surface area contributed by atoms with Crippen molar-refractivity contribution >= 4 is 17.5 Å². The fourth-order valence-electron chi connectivity index (χ4n) is 1.82. The number of imidazole rings is 1. The maximum absolute atomic E-state index is 12.0. The molecule has 3 aromatic heterocycles. The molecule has 96 valence electrons. The Balaban J connectivity index is 1.91. The quantitative estimate of drug-likeness (QED) is 0.723. The first-order valence-corrected chi connectivity index (χ1v) is 5.78. The molecule has 0 aromatic carbocycles. The van der Waals surface area contributed by atoms with Crippen molar-refractivity contribution in [2.75, 3.05) is 5.32 Å². The molecule has 7 heteroatoms. The molecule has 0 fully saturated rings. The van der Waals surface area contributed by atoms with E-state index in [0.717, 1.165) is 11.3 Å². The van der Waals surface area contributed by atoms with Crippen LogP contribution in [0.5, 0.6) is 0 Å². The summed E-state index contributed by atoms with van der Waals surface area (Å²) in [6, 6.07) is 5.70. The Morgan fingerprint density at radius 1 is 1.32 bits per heavy atom. The number of fused-ring (bicyclic) bond motifs is 1. The van der Waals surface area contributed by atoms with Gasteiger partial charge in [0.2, 0.25) is 5.95 Å². The number of pyridine rings is 1. The van der Waals surface area contributed by atoms with Gasteiger partial charge in [-0.05, 0) is 26.0 Å². The Kier molecular flexibility index (Phi) is 2.52. The van der Waals surface area contributed by atoms with Crippen LogP contribution in [0.3, 0.4) is 0 Å². The van der Waals surface area contributed by atoms with Gasteiger partial charge >= 0.3 is 0 Å². The molecule has 7 nitrogen and oxygen atoms in total. The predicted octanol–water partition coefficient (Wildman–Crippen LogP) is 1.32. The number of amides is 1. The molecule has 0 bridgehead atoms. The van der Waals surface area contributed by atoms with E-state index in [-0.39, 0.29) is 11.9 Å². The second-order valence-corrected chi connectivity index (χ2v) is 4.22. The van der Waals surface area contributed by atoms with Gasteiger partial charge in [-0.2, -0.15) is 4.98 Å². The lowest BCUT2D eigenvalue weighted by Gasteiger charge is -1.96. The molecule has 1 amide bonds. The Morgan fingerprint density at radius 2 is 2.16 bits per heavy atom. The van der Waals surface area contributed by atoms with Crippen molar-refractivity contribution in [3.05, 3.63) is 41.6 Å². The summed E-state index contributed by atoms with van der Waals surface area (Å²) in [6.07, 6.45) is 1.69. The maximum Gasteiger partial charge on any atom is 0.278 e. The third kappa shape index (κ3) is 2.05. The molecule has 19 heavy (non-hydrogen) atoms. The zero-order valence-electron chi connectivity index (χ0n) is 10.5. The van der Waals surface area contributed by atoms with Crippen LogP contribution in [0.4, 0.5) is 5.95 Å². The molecule has 0 aliphatic heterocycles. The van der Waals surface area contributed by atoms with Gasteiger partial charge in [0.05, 0.1) is 0 Å². The van der Waals surface area contributed by atoms with E-state index < -0.39 is 0 Å². The average Bonchev–Trinajstić information content (AvgIpc) is 2.96. The van der Waals surface area contributed by atoms with Gasteiger partial charge in [0, 0.05) is 11.9 Å². The number of H-pyrrole nitrogens is 1. The standard InChI is InChI=1S/C12H12N6O/c1-7-4-3-5-10-14-9(6-18(7)10)11(19)15-12-13-8(2)16-17-12/h3-6H,1-2H3,(H2,13,15,16,17,19). The van der Waals surface area contributed by atoms with Gasteiger partial charge in [-0.3, -0.25) is 15.2 Å². The number of aromatic nitrogens is 5. The number of rotatable bonds is 2. The Bertz CT molecular complexity index is 757. The normalized spacial score (nSPS) is 10.8. The van der Waals surface area contributed by atoms with Crippen molar-refractivity contribution in [1.29, 1.82) is 0 Å². The smallest absolute Gasteiger partial charge is 0.278 e. The SMILES string of the molecule is Cc1nc(NC(=O)c2cn3c(C)cccc3n2)n[nH]1. The van der Waals surface area contributed by atoms with E-state index in [4.69, 9.17) is 0 Å². The summed E-state index contributed by atoms with van der Waals surface area (Å²) in [5.41, 5.74) is 2.07. The number of nitrogens with zero attached hydrogens (tertiary/aromatic N) is 4. The summed E-state index contributed by atoms with van der Waals surface area (Å²) < 4.78 is 1.86. The molecule has 0 atom stereocenters. The topological polar surface area (TPSA) is 88.0 Å². The molecule has 0 unspecified atom stereocenters. The second kappa shape index (κ2) is 4.20. The van der Waals surface area contributed by atoms with Crippen molar-refractivity contribution in [1.82, 2.24) is 24.6 Å². The van der Waals surface area contributed by atoms with Crippen molar-refractivity contribution < 1.29 is 4.79 Å². The summed E-state index contributed by atoms with van der Waals surface area (Å²) in [6.45, 7) is 3.71. The van der Waals surface area contributed by atoms with E-state index in [1.807, 2.05) is 29.5 Å². The number of hydrogen-bond donors (Lipinski definition) is 2. The Morgan fingerprint density at radius 3 is 2.84 bits per heavy atom. The summed E-state index contributed by atoms with van der Waals surface area (Å²) in [5, 5.41) is 9.10. The highest BCUT2D eigenvalue weighted by atomic mass is 16.2. The number of carbonyl (C=O) groups is 1. The van der Waals surface area contributed by atoms with Crippen LogP contribution in [-0.4, -0.2) is 30.5 Å². The Labute approximate surface area is 108 Å². The number of anilines is 1. The summed E-state index contributed by atoms with van der Waals surface area (Å²) in [5.74, 6) is 0.555. The largest absolute Gasteiger partial charge is 0.304 e. The molecule has 3 heterocycles. The predicted molar refractivity (Wildman–Crippen MR) is 69.0 cm³/mol. The molecule has 2 N–H and O–H groups in total. The minimum atomic E-state index is -0.331. The number of carbonyl (C=O) groups excluding carboxylic acids is 1. The zero-order valence-corrected chi connectivity index (χ0v) is 10.5. The van der Waals surface area contributed by atoms with Gasteiger partial charge < -0.3 is 4.40 Å². The highest BCUT2D eigenvalue weighted by Crippen LogP contribution is 2.09. The molecule has 0 radical (unpaired) electrons. The second-order valence-electron chi connectivity index (χ2n) is 4.22. The fraction of sp³-hybridized carbons (Fsp3) is 0.167. The molecular formula is C12H12N6O. The van der Waals surface area contributed by atoms with Crippen molar-refractivity contribution in [3.8, 4) is 0 Å². The van der Waals surface area contributed by atoms with Crippen LogP contribution < -0.4 is 5.32 Å². The first kappa shape index (κ1) is 11.4. The van der Waals surface area contributed by atoms with Crippen LogP contribution in [-0.2, 0) is 0 Å². The summed E-state index contributed by atoms with van der Waals surface area (Å²) >= 11 is 0. The lowest BCUT2D eigenvalue weighted by molar-refractivity contribution is 0.102. The van der Waals surface area contributed by atoms with Crippen LogP contribution >= 0.6 is 0 Å². The summed E-state index contributed by atoms with van der Waals surface area (Å²) in [7, 11) is 0. The summed E-state index contributed by atoms with van der Waals surface area (Å²) in [4.78, 5) is 20.3. The van der Waals surface area contributed by atoms with E-state index >= 15 is 0 Å². The number of nitrogens with one attached hydrogen (secondary N) is 2. The lowest BCUT2D eigenvalue weighted by atomic mass is 10.4. The van der Waals surface area contributed by atoms with Crippen molar-refractivity contribution in [2.45, 2.75) is 13.8 Å². The highest BCUT2D eigenvalue weighted by molar-refractivity contribution is 6.02. The molecule has 0 aliphatic rings. The monoisotopic (exact) mass is 256 g/mol. The first-order valence-electron chi connectivity index (χ1n) is 5.78. The molecular weight excluding hydrogens is 244 g/mol. The third-order valence-corrected chi connectivity index (χ3v) is 2.75.